The van der Waals surface area contributed by atoms with Gasteiger partial charge in [-0.15, -0.1) is 0 Å². The highest BCUT2D eigenvalue weighted by molar-refractivity contribution is 5.98. The number of aryl methyl sites for hydroxylation is 1. The Kier molecular flexibility index (Phi) is 5.77. The van der Waals surface area contributed by atoms with E-state index in [1.807, 2.05) is 37.5 Å². The smallest absolute Gasteiger partial charge is 0.253 e. The Balaban J connectivity index is 1.34. The molecule has 9 heteroatoms. The Morgan fingerprint density at radius 1 is 1.22 bits per heavy atom. The van der Waals surface area contributed by atoms with Gasteiger partial charge in [0.15, 0.2) is 5.82 Å². The molecule has 0 aliphatic heterocycles. The predicted octanol–water partition coefficient (Wildman–Crippen LogP) is 3.37. The average Bonchev–Trinajstić information content (AvgIpc) is 3.28. The van der Waals surface area contributed by atoms with Crippen molar-refractivity contribution < 1.29 is 4.79 Å². The van der Waals surface area contributed by atoms with Gasteiger partial charge in [-0.25, -0.2) is 15.0 Å². The lowest BCUT2D eigenvalue weighted by atomic mass is 10.1. The first-order chi connectivity index (χ1) is 17.6. The Morgan fingerprint density at radius 3 is 2.89 bits per heavy atom. The van der Waals surface area contributed by atoms with E-state index in [0.717, 1.165) is 45.8 Å². The number of aromatic amines is 1. The number of pyridine rings is 1. The summed E-state index contributed by atoms with van der Waals surface area (Å²) in [7, 11) is 2.03. The number of hydrogen-bond acceptors (Lipinski definition) is 5. The minimum atomic E-state index is -0.0406. The third-order valence-corrected chi connectivity index (χ3v) is 7.04. The van der Waals surface area contributed by atoms with Crippen LogP contribution in [-0.4, -0.2) is 59.5 Å². The van der Waals surface area contributed by atoms with Gasteiger partial charge in [0.05, 0.1) is 23.1 Å². The highest BCUT2D eigenvalue weighted by Gasteiger charge is 2.26. The molecule has 1 aliphatic carbocycles. The van der Waals surface area contributed by atoms with Crippen molar-refractivity contribution in [3.05, 3.63) is 66.4 Å². The maximum atomic E-state index is 13.4. The van der Waals surface area contributed by atoms with Crippen molar-refractivity contribution >= 4 is 28.0 Å². The number of H-pyrrole nitrogens is 1. The van der Waals surface area contributed by atoms with Crippen molar-refractivity contribution in [3.8, 4) is 11.5 Å². The van der Waals surface area contributed by atoms with E-state index in [9.17, 15) is 4.79 Å². The minimum absolute atomic E-state index is 0.0406. The number of rotatable bonds is 9. The molecule has 0 unspecified atom stereocenters. The van der Waals surface area contributed by atoms with Crippen LogP contribution in [0.2, 0.25) is 0 Å². The second-order valence-corrected chi connectivity index (χ2v) is 9.61. The van der Waals surface area contributed by atoms with Crippen LogP contribution in [0.15, 0.2) is 55.1 Å². The highest BCUT2D eigenvalue weighted by Crippen LogP contribution is 2.35. The Bertz CT molecular complexity index is 1530. The number of nitrogens with two attached hydrogens (primary N) is 1. The fourth-order valence-corrected chi connectivity index (χ4v) is 4.91. The lowest BCUT2D eigenvalue weighted by Crippen LogP contribution is -2.37. The molecular formula is C27H30N8O. The van der Waals surface area contributed by atoms with Crippen LogP contribution in [0.25, 0.3) is 33.6 Å². The van der Waals surface area contributed by atoms with E-state index in [0.29, 0.717) is 37.5 Å². The van der Waals surface area contributed by atoms with Crippen LogP contribution in [0.5, 0.6) is 0 Å². The number of aromatic nitrogens is 6. The van der Waals surface area contributed by atoms with Gasteiger partial charge in [0, 0.05) is 68.7 Å². The van der Waals surface area contributed by atoms with E-state index in [4.69, 9.17) is 10.7 Å². The molecule has 3 N–H and O–H groups in total. The first-order valence-corrected chi connectivity index (χ1v) is 12.5. The normalized spacial score (nSPS) is 13.6. The SMILES string of the molecule is Cn1c(-c2cc3cccnc3n2CC2CC2)nc2cc(C(=O)N(CCN)CCc3cnc[nH]3)ccc21. The number of carbonyl (C=O) groups excluding carboxylic acids is 1. The summed E-state index contributed by atoms with van der Waals surface area (Å²) in [6.45, 7) is 2.42. The average molecular weight is 483 g/mol. The van der Waals surface area contributed by atoms with Crippen LogP contribution >= 0.6 is 0 Å². The molecule has 6 rings (SSSR count). The van der Waals surface area contributed by atoms with E-state index < -0.39 is 0 Å². The summed E-state index contributed by atoms with van der Waals surface area (Å²) in [5.41, 5.74) is 11.3. The van der Waals surface area contributed by atoms with Gasteiger partial charge < -0.3 is 24.8 Å². The summed E-state index contributed by atoms with van der Waals surface area (Å²) in [6, 6.07) is 12.0. The van der Waals surface area contributed by atoms with Crippen molar-refractivity contribution in [2.24, 2.45) is 18.7 Å². The zero-order valence-electron chi connectivity index (χ0n) is 20.4. The lowest BCUT2D eigenvalue weighted by Gasteiger charge is -2.22. The molecule has 1 fully saturated rings. The summed E-state index contributed by atoms with van der Waals surface area (Å²) < 4.78 is 4.41. The van der Waals surface area contributed by atoms with E-state index in [1.54, 1.807) is 17.4 Å². The summed E-state index contributed by atoms with van der Waals surface area (Å²) in [5.74, 6) is 1.54. The quantitative estimate of drug-likeness (QED) is 0.335. The van der Waals surface area contributed by atoms with Crippen LogP contribution in [0, 0.1) is 5.92 Å². The molecular weight excluding hydrogens is 452 g/mol. The Hall–Kier alpha value is -3.98. The molecule has 1 aromatic carbocycles. The van der Waals surface area contributed by atoms with Crippen LogP contribution in [0.3, 0.4) is 0 Å². The molecule has 36 heavy (non-hydrogen) atoms. The third-order valence-electron chi connectivity index (χ3n) is 7.04. The van der Waals surface area contributed by atoms with Crippen LogP contribution < -0.4 is 5.73 Å². The number of nitrogens with zero attached hydrogens (tertiary/aromatic N) is 6. The van der Waals surface area contributed by atoms with E-state index >= 15 is 0 Å². The first kappa shape index (κ1) is 22.5. The number of nitrogens with one attached hydrogen (secondary N) is 1. The molecule has 4 aromatic heterocycles. The number of hydrogen-bond donors (Lipinski definition) is 2. The molecule has 184 valence electrons. The number of fused-ring (bicyclic) bond motifs is 2. The Morgan fingerprint density at radius 2 is 2.11 bits per heavy atom. The largest absolute Gasteiger partial charge is 0.348 e. The lowest BCUT2D eigenvalue weighted by molar-refractivity contribution is 0.0762. The third kappa shape index (κ3) is 4.15. The van der Waals surface area contributed by atoms with E-state index in [-0.39, 0.29) is 5.91 Å². The zero-order valence-corrected chi connectivity index (χ0v) is 20.4. The van der Waals surface area contributed by atoms with Crippen molar-refractivity contribution in [1.29, 1.82) is 0 Å². The summed E-state index contributed by atoms with van der Waals surface area (Å²) >= 11 is 0. The zero-order chi connectivity index (χ0) is 24.6. The van der Waals surface area contributed by atoms with Gasteiger partial charge in [-0.2, -0.15) is 0 Å². The molecule has 1 amide bonds. The molecule has 0 bridgehead atoms. The summed E-state index contributed by atoms with van der Waals surface area (Å²) in [6.07, 6.45) is 8.50. The molecule has 9 nitrogen and oxygen atoms in total. The maximum Gasteiger partial charge on any atom is 0.253 e. The minimum Gasteiger partial charge on any atom is -0.348 e. The number of imidazole rings is 2. The molecule has 1 saturated carbocycles. The van der Waals surface area contributed by atoms with Crippen molar-refractivity contribution in [3.63, 3.8) is 0 Å². The van der Waals surface area contributed by atoms with Gasteiger partial charge in [-0.1, -0.05) is 0 Å². The molecule has 5 aromatic rings. The monoisotopic (exact) mass is 482 g/mol. The second kappa shape index (κ2) is 9.23. The maximum absolute atomic E-state index is 13.4. The van der Waals surface area contributed by atoms with Gasteiger partial charge in [0.1, 0.15) is 5.65 Å². The Labute approximate surface area is 209 Å². The molecule has 1 aliphatic rings. The summed E-state index contributed by atoms with van der Waals surface area (Å²) in [4.78, 5) is 32.0. The van der Waals surface area contributed by atoms with Gasteiger partial charge in [0.25, 0.3) is 5.91 Å². The molecule has 0 spiro atoms. The molecule has 0 saturated heterocycles. The predicted molar refractivity (Wildman–Crippen MR) is 139 cm³/mol. The van der Waals surface area contributed by atoms with Crippen molar-refractivity contribution in [2.75, 3.05) is 19.6 Å². The van der Waals surface area contributed by atoms with Gasteiger partial charge in [-0.05, 0) is 55.2 Å². The molecule has 0 atom stereocenters. The van der Waals surface area contributed by atoms with Crippen molar-refractivity contribution in [1.82, 2.24) is 34.0 Å². The van der Waals surface area contributed by atoms with Gasteiger partial charge >= 0.3 is 0 Å². The van der Waals surface area contributed by atoms with Crippen LogP contribution in [0.1, 0.15) is 28.9 Å². The molecule has 0 radical (unpaired) electrons. The van der Waals surface area contributed by atoms with E-state index in [2.05, 4.69) is 36.2 Å². The van der Waals surface area contributed by atoms with Gasteiger partial charge in [0.2, 0.25) is 0 Å². The standard InChI is InChI=1S/C27H30N8O/c1-33-23-7-6-20(27(36)34(12-9-28)11-8-21-15-29-17-31-21)13-22(23)32-26(33)24-14-19-3-2-10-30-25(19)35(24)16-18-4-5-18/h2-3,6-7,10,13-15,17-18H,4-5,8-9,11-12,16,28H2,1H3,(H,29,31). The number of carbonyl (C=O) groups is 1. The van der Waals surface area contributed by atoms with E-state index in [1.165, 1.54) is 12.8 Å². The summed E-state index contributed by atoms with van der Waals surface area (Å²) in [5, 5.41) is 1.12. The number of amides is 1. The molecule has 4 heterocycles. The van der Waals surface area contributed by atoms with Crippen molar-refractivity contribution in [2.45, 2.75) is 25.8 Å². The number of benzene rings is 1. The van der Waals surface area contributed by atoms with Gasteiger partial charge in [-0.3, -0.25) is 4.79 Å². The fraction of sp³-hybridized carbons (Fsp3) is 0.333. The highest BCUT2D eigenvalue weighted by atomic mass is 16.2. The fourth-order valence-electron chi connectivity index (χ4n) is 4.91. The van der Waals surface area contributed by atoms with Crippen LogP contribution in [0.4, 0.5) is 0 Å². The second-order valence-electron chi connectivity index (χ2n) is 9.61. The van der Waals surface area contributed by atoms with Crippen LogP contribution in [-0.2, 0) is 20.0 Å². The first-order valence-electron chi connectivity index (χ1n) is 12.5. The topological polar surface area (TPSA) is 111 Å².